The fourth-order valence-electron chi connectivity index (χ4n) is 3.78. The van der Waals surface area contributed by atoms with Crippen molar-refractivity contribution in [2.24, 2.45) is 17.3 Å². The molecule has 0 saturated heterocycles. The van der Waals surface area contributed by atoms with Crippen LogP contribution in [0.3, 0.4) is 0 Å². The summed E-state index contributed by atoms with van der Waals surface area (Å²) in [6, 6.07) is 0. The van der Waals surface area contributed by atoms with Gasteiger partial charge in [-0.05, 0) is 50.5 Å². The van der Waals surface area contributed by atoms with Crippen molar-refractivity contribution >= 4 is 0 Å². The Bertz CT molecular complexity index is 230. The summed E-state index contributed by atoms with van der Waals surface area (Å²) >= 11 is 0. The molecule has 0 aromatic rings. The monoisotopic (exact) mass is 239 g/mol. The highest BCUT2D eigenvalue weighted by molar-refractivity contribution is 4.96. The van der Waals surface area contributed by atoms with Crippen molar-refractivity contribution in [3.63, 3.8) is 0 Å². The molecule has 1 rings (SSSR count). The molecule has 1 N–H and O–H groups in total. The maximum Gasteiger partial charge on any atom is 0.0156 e. The Morgan fingerprint density at radius 3 is 1.94 bits per heavy atom. The zero-order valence-corrected chi connectivity index (χ0v) is 12.9. The van der Waals surface area contributed by atoms with Crippen LogP contribution in [0.2, 0.25) is 0 Å². The van der Waals surface area contributed by atoms with Crippen LogP contribution in [0, 0.1) is 17.3 Å². The molecule has 1 fully saturated rings. The number of hydrogen-bond donors (Lipinski definition) is 1. The van der Waals surface area contributed by atoms with Crippen molar-refractivity contribution in [1.82, 2.24) is 5.32 Å². The Hall–Kier alpha value is -0.0400. The molecule has 17 heavy (non-hydrogen) atoms. The molecule has 0 amide bonds. The predicted molar refractivity (Wildman–Crippen MR) is 77.3 cm³/mol. The third-order valence-electron chi connectivity index (χ3n) is 5.24. The summed E-state index contributed by atoms with van der Waals surface area (Å²) in [5, 5.41) is 3.72. The minimum Gasteiger partial charge on any atom is -0.312 e. The van der Waals surface area contributed by atoms with E-state index in [9.17, 15) is 0 Å². The first kappa shape index (κ1) is 15.0. The normalized spacial score (nSPS) is 27.2. The maximum absolute atomic E-state index is 3.72. The molecule has 1 saturated carbocycles. The van der Waals surface area contributed by atoms with Gasteiger partial charge in [-0.2, -0.15) is 0 Å². The highest BCUT2D eigenvalue weighted by atomic mass is 15.0. The number of nitrogens with one attached hydrogen (secondary N) is 1. The van der Waals surface area contributed by atoms with E-state index in [1.165, 1.54) is 32.1 Å². The van der Waals surface area contributed by atoms with Crippen molar-refractivity contribution < 1.29 is 0 Å². The lowest BCUT2D eigenvalue weighted by Crippen LogP contribution is -2.52. The lowest BCUT2D eigenvalue weighted by Gasteiger charge is -2.49. The summed E-state index contributed by atoms with van der Waals surface area (Å²) in [6.45, 7) is 15.4. The van der Waals surface area contributed by atoms with Crippen molar-refractivity contribution in [3.8, 4) is 0 Å². The van der Waals surface area contributed by atoms with Gasteiger partial charge in [0.2, 0.25) is 0 Å². The average Bonchev–Trinajstić information content (AvgIpc) is 2.29. The van der Waals surface area contributed by atoms with Crippen LogP contribution < -0.4 is 5.32 Å². The van der Waals surface area contributed by atoms with Crippen molar-refractivity contribution in [3.05, 3.63) is 0 Å². The Morgan fingerprint density at radius 1 is 0.941 bits per heavy atom. The SMILES string of the molecule is CCNC(C)(C)C1CCCCC1C(C)(C)CC. The highest BCUT2D eigenvalue weighted by Gasteiger charge is 2.42. The Balaban J connectivity index is 2.86. The fourth-order valence-corrected chi connectivity index (χ4v) is 3.78. The van der Waals surface area contributed by atoms with E-state index in [1.807, 2.05) is 0 Å². The van der Waals surface area contributed by atoms with Gasteiger partial charge in [0, 0.05) is 5.54 Å². The van der Waals surface area contributed by atoms with Gasteiger partial charge in [0.15, 0.2) is 0 Å². The first-order valence-corrected chi connectivity index (χ1v) is 7.60. The van der Waals surface area contributed by atoms with Crippen LogP contribution >= 0.6 is 0 Å². The molecule has 0 aromatic heterocycles. The molecular formula is C16H33N. The van der Waals surface area contributed by atoms with Gasteiger partial charge in [-0.3, -0.25) is 0 Å². The molecule has 1 nitrogen and oxygen atoms in total. The molecule has 0 bridgehead atoms. The highest BCUT2D eigenvalue weighted by Crippen LogP contribution is 2.47. The van der Waals surface area contributed by atoms with Gasteiger partial charge < -0.3 is 5.32 Å². The van der Waals surface area contributed by atoms with Gasteiger partial charge in [0.1, 0.15) is 0 Å². The third-order valence-corrected chi connectivity index (χ3v) is 5.24. The lowest BCUT2D eigenvalue weighted by molar-refractivity contribution is 0.0357. The van der Waals surface area contributed by atoms with Gasteiger partial charge in [-0.25, -0.2) is 0 Å². The molecule has 1 aliphatic rings. The first-order valence-electron chi connectivity index (χ1n) is 7.60. The molecular weight excluding hydrogens is 206 g/mol. The lowest BCUT2D eigenvalue weighted by atomic mass is 9.59. The predicted octanol–water partition coefficient (Wildman–Crippen LogP) is 4.62. The molecule has 102 valence electrons. The summed E-state index contributed by atoms with van der Waals surface area (Å²) in [5.74, 6) is 1.72. The van der Waals surface area contributed by atoms with Crippen LogP contribution in [0.25, 0.3) is 0 Å². The second-order valence-electron chi connectivity index (χ2n) is 7.09. The molecule has 1 aliphatic carbocycles. The van der Waals surface area contributed by atoms with Crippen LogP contribution in [0.5, 0.6) is 0 Å². The number of hydrogen-bond acceptors (Lipinski definition) is 1. The Labute approximate surface area is 109 Å². The van der Waals surface area contributed by atoms with Crippen molar-refractivity contribution in [2.45, 2.75) is 79.2 Å². The van der Waals surface area contributed by atoms with Crippen LogP contribution in [0.4, 0.5) is 0 Å². The van der Waals surface area contributed by atoms with Crippen LogP contribution in [0.15, 0.2) is 0 Å². The minimum atomic E-state index is 0.298. The van der Waals surface area contributed by atoms with Gasteiger partial charge in [0.25, 0.3) is 0 Å². The molecule has 2 atom stereocenters. The van der Waals surface area contributed by atoms with E-state index < -0.39 is 0 Å². The van der Waals surface area contributed by atoms with Crippen LogP contribution in [-0.2, 0) is 0 Å². The second kappa shape index (κ2) is 5.73. The summed E-state index contributed by atoms with van der Waals surface area (Å²) in [5.41, 5.74) is 0.796. The van der Waals surface area contributed by atoms with Gasteiger partial charge in [-0.15, -0.1) is 0 Å². The molecule has 2 unspecified atom stereocenters. The smallest absolute Gasteiger partial charge is 0.0156 e. The summed E-state index contributed by atoms with van der Waals surface area (Å²) < 4.78 is 0. The average molecular weight is 239 g/mol. The minimum absolute atomic E-state index is 0.298. The zero-order chi connectivity index (χ0) is 13.1. The second-order valence-corrected chi connectivity index (χ2v) is 7.09. The van der Waals surface area contributed by atoms with E-state index in [-0.39, 0.29) is 0 Å². The van der Waals surface area contributed by atoms with E-state index in [1.54, 1.807) is 0 Å². The Kier molecular flexibility index (Phi) is 5.07. The van der Waals surface area contributed by atoms with Gasteiger partial charge in [0.05, 0.1) is 0 Å². The molecule has 0 aromatic carbocycles. The largest absolute Gasteiger partial charge is 0.312 e. The van der Waals surface area contributed by atoms with E-state index >= 15 is 0 Å². The summed E-state index contributed by atoms with van der Waals surface area (Å²) in [7, 11) is 0. The van der Waals surface area contributed by atoms with E-state index in [0.29, 0.717) is 11.0 Å². The number of rotatable bonds is 5. The van der Waals surface area contributed by atoms with E-state index in [4.69, 9.17) is 0 Å². The summed E-state index contributed by atoms with van der Waals surface area (Å²) in [6.07, 6.45) is 7.01. The third kappa shape index (κ3) is 3.47. The standard InChI is InChI=1S/C16H33N/c1-7-15(3,4)13-11-9-10-12-14(13)16(5,6)17-8-2/h13-14,17H,7-12H2,1-6H3. The van der Waals surface area contributed by atoms with Gasteiger partial charge in [-0.1, -0.05) is 47.0 Å². The van der Waals surface area contributed by atoms with E-state index in [2.05, 4.69) is 46.9 Å². The van der Waals surface area contributed by atoms with Crippen LogP contribution in [-0.4, -0.2) is 12.1 Å². The van der Waals surface area contributed by atoms with Crippen molar-refractivity contribution in [1.29, 1.82) is 0 Å². The van der Waals surface area contributed by atoms with E-state index in [0.717, 1.165) is 18.4 Å². The maximum atomic E-state index is 3.72. The fraction of sp³-hybridized carbons (Fsp3) is 1.00. The Morgan fingerprint density at radius 2 is 1.47 bits per heavy atom. The van der Waals surface area contributed by atoms with Gasteiger partial charge >= 0.3 is 0 Å². The summed E-state index contributed by atoms with van der Waals surface area (Å²) in [4.78, 5) is 0. The quantitative estimate of drug-likeness (QED) is 0.738. The zero-order valence-electron chi connectivity index (χ0n) is 12.9. The molecule has 0 spiro atoms. The first-order chi connectivity index (χ1) is 7.85. The molecule has 0 heterocycles. The molecule has 0 radical (unpaired) electrons. The van der Waals surface area contributed by atoms with Crippen LogP contribution in [0.1, 0.15) is 73.6 Å². The van der Waals surface area contributed by atoms with Crippen molar-refractivity contribution in [2.75, 3.05) is 6.54 Å². The molecule has 0 aliphatic heterocycles. The topological polar surface area (TPSA) is 12.0 Å². The molecule has 1 heteroatoms.